The molecule has 6 nitrogen and oxygen atoms in total. The van der Waals surface area contributed by atoms with Gasteiger partial charge in [0.15, 0.2) is 0 Å². The number of likely N-dealkylation sites (N-methyl/N-ethyl adjacent to an activating group) is 2. The molecule has 0 spiro atoms. The number of anilines is 2. The van der Waals surface area contributed by atoms with Gasteiger partial charge < -0.3 is 0 Å². The van der Waals surface area contributed by atoms with E-state index in [4.69, 9.17) is 10.7 Å². The molecule has 0 saturated carbocycles. The van der Waals surface area contributed by atoms with Gasteiger partial charge in [0.05, 0.1) is 0 Å². The number of fused-ring (bicyclic) bond motifs is 1. The molecule has 0 radical (unpaired) electrons. The first-order valence-corrected chi connectivity index (χ1v) is 13.4. The molecule has 0 saturated heterocycles. The van der Waals surface area contributed by atoms with Gasteiger partial charge in [0, 0.05) is 0 Å². The number of aryl methyl sites for hydroxylation is 1. The van der Waals surface area contributed by atoms with Crippen LogP contribution in [0.2, 0.25) is 0 Å². The van der Waals surface area contributed by atoms with Crippen LogP contribution in [0.15, 0.2) is 61.4 Å². The number of nitrogen functional groups attached to an aromatic ring is 1. The second-order valence-electron chi connectivity index (χ2n) is 8.87. The summed E-state index contributed by atoms with van der Waals surface area (Å²) in [5.41, 5.74) is 13.8. The van der Waals surface area contributed by atoms with E-state index in [1.807, 2.05) is 12.3 Å². The Labute approximate surface area is 212 Å². The van der Waals surface area contributed by atoms with Crippen LogP contribution < -0.4 is 31.8 Å². The minimum absolute atomic E-state index is 0.637. The molecule has 4 rings (SSSR count). The van der Waals surface area contributed by atoms with Crippen LogP contribution in [0.4, 0.5) is 11.4 Å². The summed E-state index contributed by atoms with van der Waals surface area (Å²) in [7, 11) is 8.32. The third-order valence-corrected chi connectivity index (χ3v) is 8.33. The van der Waals surface area contributed by atoms with Gasteiger partial charge in [0.2, 0.25) is 0 Å². The third-order valence-electron chi connectivity index (χ3n) is 5.86. The van der Waals surface area contributed by atoms with E-state index in [2.05, 4.69) is 104 Å². The number of hydrogen-bond donors (Lipinski definition) is 1. The van der Waals surface area contributed by atoms with Crippen LogP contribution >= 0.6 is 0 Å². The fourth-order valence-corrected chi connectivity index (χ4v) is 6.55. The summed E-state index contributed by atoms with van der Waals surface area (Å²) in [6.07, 6.45) is 4.01. The van der Waals surface area contributed by atoms with E-state index in [1.54, 1.807) is 0 Å². The van der Waals surface area contributed by atoms with Crippen LogP contribution in [-0.4, -0.2) is 53.7 Å². The van der Waals surface area contributed by atoms with Crippen LogP contribution in [0.1, 0.15) is 12.5 Å². The second kappa shape index (κ2) is 10.1. The van der Waals surface area contributed by atoms with Crippen LogP contribution in [0, 0.1) is 7.40 Å². The Morgan fingerprint density at radius 1 is 1.12 bits per heavy atom. The quantitative estimate of drug-likeness (QED) is 0.198. The number of allylic oxidation sites excluding steroid dienone is 1. The zero-order chi connectivity index (χ0) is 24.4. The topological polar surface area (TPSA) is 63.2 Å². The summed E-state index contributed by atoms with van der Waals surface area (Å²) in [6.45, 7) is 8.15. The Hall–Kier alpha value is -2.91. The predicted molar refractivity (Wildman–Crippen MR) is 139 cm³/mol. The third kappa shape index (κ3) is 5.10. The summed E-state index contributed by atoms with van der Waals surface area (Å²) >= 11 is -0.637. The van der Waals surface area contributed by atoms with E-state index >= 15 is 0 Å². The van der Waals surface area contributed by atoms with Gasteiger partial charge in [-0.05, 0) is 0 Å². The van der Waals surface area contributed by atoms with Crippen molar-refractivity contribution >= 4 is 27.9 Å². The van der Waals surface area contributed by atoms with Crippen molar-refractivity contribution in [3.8, 4) is 11.3 Å². The van der Waals surface area contributed by atoms with Gasteiger partial charge in [0.1, 0.15) is 0 Å². The van der Waals surface area contributed by atoms with Gasteiger partial charge in [-0.1, -0.05) is 0 Å². The first-order chi connectivity index (χ1) is 16.2. The molecule has 0 bridgehead atoms. The summed E-state index contributed by atoms with van der Waals surface area (Å²) in [4.78, 5) is 14.0. The van der Waals surface area contributed by atoms with Crippen molar-refractivity contribution < 1.29 is 21.2 Å². The Morgan fingerprint density at radius 3 is 2.62 bits per heavy atom. The number of nitrogens with zero attached hydrogens (tertiary/aromatic N) is 5. The molecule has 178 valence electrons. The van der Waals surface area contributed by atoms with Crippen LogP contribution in [0.3, 0.4) is 0 Å². The molecule has 0 aliphatic heterocycles. The average molecular weight is 567 g/mol. The molecular formula is C27H32IN6-. The van der Waals surface area contributed by atoms with E-state index in [0.29, 0.717) is 0 Å². The molecule has 0 atom stereocenters. The maximum atomic E-state index is 6.53. The average Bonchev–Trinajstić information content (AvgIpc) is 3.14. The fourth-order valence-electron chi connectivity index (χ4n) is 3.95. The van der Waals surface area contributed by atoms with Gasteiger partial charge in [-0.3, -0.25) is 0 Å². The number of benzene rings is 2. The predicted octanol–water partition coefficient (Wildman–Crippen LogP) is 1.38. The van der Waals surface area contributed by atoms with E-state index in [-0.39, 0.29) is 0 Å². The second-order valence-corrected chi connectivity index (χ2v) is 11.5. The molecule has 0 aliphatic carbocycles. The molecule has 2 N–H and O–H groups in total. The number of hydrogen-bond acceptors (Lipinski definition) is 5. The maximum absolute atomic E-state index is 6.53. The fraction of sp³-hybridized carbons (Fsp3) is 0.259. The van der Waals surface area contributed by atoms with Gasteiger partial charge in [-0.15, -0.1) is 0 Å². The number of rotatable bonds is 8. The van der Waals surface area contributed by atoms with Crippen molar-refractivity contribution in [1.29, 1.82) is 0 Å². The Morgan fingerprint density at radius 2 is 1.88 bits per heavy atom. The molecule has 0 fully saturated rings. The molecule has 2 aromatic carbocycles. The van der Waals surface area contributed by atoms with Crippen molar-refractivity contribution in [2.45, 2.75) is 6.92 Å². The molecule has 34 heavy (non-hydrogen) atoms. The normalized spacial score (nSPS) is 11.5. The van der Waals surface area contributed by atoms with Crippen molar-refractivity contribution in [2.75, 3.05) is 44.9 Å². The molecule has 0 aliphatic rings. The van der Waals surface area contributed by atoms with Crippen molar-refractivity contribution in [2.24, 2.45) is 7.05 Å². The van der Waals surface area contributed by atoms with Crippen LogP contribution in [0.5, 0.6) is 0 Å². The first kappa shape index (κ1) is 24.2. The van der Waals surface area contributed by atoms with Crippen molar-refractivity contribution in [3.05, 3.63) is 74.4 Å². The Kier molecular flexibility index (Phi) is 7.23. The van der Waals surface area contributed by atoms with E-state index < -0.39 is 21.2 Å². The summed E-state index contributed by atoms with van der Waals surface area (Å²) < 4.78 is 4.22. The molecule has 2 heterocycles. The number of para-hydroxylation sites is 1. The Bertz CT molecular complexity index is 1340. The summed E-state index contributed by atoms with van der Waals surface area (Å²) in [5, 5.41) is 1.20. The minimum atomic E-state index is -0.637. The van der Waals surface area contributed by atoms with Crippen molar-refractivity contribution in [1.82, 2.24) is 19.4 Å². The van der Waals surface area contributed by atoms with E-state index in [9.17, 15) is 0 Å². The van der Waals surface area contributed by atoms with Gasteiger partial charge in [0.25, 0.3) is 0 Å². The zero-order valence-corrected chi connectivity index (χ0v) is 22.7. The molecule has 7 heteroatoms. The number of aromatic nitrogens is 3. The standard InChI is InChI=1S/C27H32IN6/c1-18(2)20-15-26(33(5)14-13-32(3)4)23(29)16-22(20)28-27-30-12-11-24(31-27)21-17-34(6)25-10-8-7-9-19(21)25/h7-12,15-17H,1,13-14,29H2,2-6H3/q-1. The van der Waals surface area contributed by atoms with Crippen LogP contribution in [0.25, 0.3) is 27.7 Å². The number of halogens is 1. The summed E-state index contributed by atoms with van der Waals surface area (Å²) in [6, 6.07) is 14.7. The number of nitrogens with two attached hydrogens (primary N) is 1. The zero-order valence-electron chi connectivity index (χ0n) is 20.5. The molecular weight excluding hydrogens is 535 g/mol. The molecule has 2 aromatic heterocycles. The van der Waals surface area contributed by atoms with Crippen LogP contribution in [-0.2, 0) is 7.05 Å². The van der Waals surface area contributed by atoms with E-state index in [0.717, 1.165) is 50.7 Å². The van der Waals surface area contributed by atoms with Gasteiger partial charge in [-0.25, -0.2) is 0 Å². The van der Waals surface area contributed by atoms with E-state index in [1.165, 1.54) is 14.5 Å². The summed E-state index contributed by atoms with van der Waals surface area (Å²) in [5.74, 6) is 0. The van der Waals surface area contributed by atoms with Gasteiger partial charge in [-0.2, -0.15) is 0 Å². The molecule has 0 unspecified atom stereocenters. The molecule has 4 aromatic rings. The monoisotopic (exact) mass is 567 g/mol. The van der Waals surface area contributed by atoms with Crippen molar-refractivity contribution in [3.63, 3.8) is 0 Å². The first-order valence-electron chi connectivity index (χ1n) is 11.2. The van der Waals surface area contributed by atoms with Gasteiger partial charge >= 0.3 is 213 Å². The molecule has 0 amide bonds. The Balaban J connectivity index is 1.67. The SMILES string of the molecule is C=C(C)c1cc(N(C)CCN(C)C)c(N)cc1[I-]c1nccc(-c2cn(C)c3ccccc23)n1.